The summed E-state index contributed by atoms with van der Waals surface area (Å²) in [5, 5.41) is 7.47. The average molecular weight is 447 g/mol. The number of aromatic nitrogens is 2. The molecule has 0 saturated carbocycles. The molecule has 0 spiro atoms. The van der Waals surface area contributed by atoms with Crippen LogP contribution in [0.5, 0.6) is 0 Å². The SMILES string of the molecule is CC.Cc1cc(C)n(CC(=O)N2CCC(c3ccccc3NC(=O)c3ccccc3)CC2)n1. The monoisotopic (exact) mass is 446 g/mol. The quantitative estimate of drug-likeness (QED) is 0.587. The van der Waals surface area contributed by atoms with Gasteiger partial charge in [-0.25, -0.2) is 0 Å². The Labute approximate surface area is 196 Å². The third-order valence-corrected chi connectivity index (χ3v) is 5.92. The van der Waals surface area contributed by atoms with Gasteiger partial charge in [-0.1, -0.05) is 50.2 Å². The number of amides is 2. The number of hydrogen-bond acceptors (Lipinski definition) is 3. The lowest BCUT2D eigenvalue weighted by atomic mass is 9.88. The lowest BCUT2D eigenvalue weighted by Crippen LogP contribution is -2.40. The zero-order chi connectivity index (χ0) is 23.8. The molecule has 0 atom stereocenters. The van der Waals surface area contributed by atoms with Gasteiger partial charge in [0.25, 0.3) is 5.91 Å². The minimum Gasteiger partial charge on any atom is -0.341 e. The number of rotatable bonds is 5. The summed E-state index contributed by atoms with van der Waals surface area (Å²) < 4.78 is 1.78. The summed E-state index contributed by atoms with van der Waals surface area (Å²) in [6, 6.07) is 19.2. The number of piperidine rings is 1. The minimum atomic E-state index is -0.106. The molecule has 3 aromatic rings. The molecule has 1 saturated heterocycles. The van der Waals surface area contributed by atoms with Crippen molar-refractivity contribution in [2.45, 2.75) is 53.0 Å². The van der Waals surface area contributed by atoms with Gasteiger partial charge < -0.3 is 10.2 Å². The van der Waals surface area contributed by atoms with E-state index in [0.717, 1.165) is 35.5 Å². The van der Waals surface area contributed by atoms with Crippen LogP contribution in [0.1, 0.15) is 59.9 Å². The average Bonchev–Trinajstić information content (AvgIpc) is 3.17. The Bertz CT molecular complexity index is 1070. The van der Waals surface area contributed by atoms with E-state index in [-0.39, 0.29) is 18.4 Å². The number of hydrogen-bond donors (Lipinski definition) is 1. The van der Waals surface area contributed by atoms with Gasteiger partial charge in [0.1, 0.15) is 6.54 Å². The third kappa shape index (κ3) is 6.09. The van der Waals surface area contributed by atoms with Crippen molar-refractivity contribution in [3.05, 3.63) is 83.2 Å². The van der Waals surface area contributed by atoms with Gasteiger partial charge in [-0.2, -0.15) is 5.10 Å². The smallest absolute Gasteiger partial charge is 0.255 e. The maximum Gasteiger partial charge on any atom is 0.255 e. The van der Waals surface area contributed by atoms with Crippen molar-refractivity contribution in [3.8, 4) is 0 Å². The summed E-state index contributed by atoms with van der Waals surface area (Å²) in [6.07, 6.45) is 1.75. The molecule has 1 aliphatic heterocycles. The molecule has 174 valence electrons. The molecular weight excluding hydrogens is 412 g/mol. The molecule has 1 aromatic heterocycles. The molecule has 1 N–H and O–H groups in total. The Hall–Kier alpha value is -3.41. The maximum absolute atomic E-state index is 12.7. The first-order valence-electron chi connectivity index (χ1n) is 11.8. The van der Waals surface area contributed by atoms with Crippen LogP contribution in [0.25, 0.3) is 0 Å². The van der Waals surface area contributed by atoms with Crippen LogP contribution in [-0.4, -0.2) is 39.6 Å². The first kappa shape index (κ1) is 24.2. The highest BCUT2D eigenvalue weighted by Gasteiger charge is 2.26. The van der Waals surface area contributed by atoms with Crippen molar-refractivity contribution in [1.29, 1.82) is 0 Å². The zero-order valence-electron chi connectivity index (χ0n) is 20.0. The Morgan fingerprint density at radius 3 is 2.24 bits per heavy atom. The second-order valence-electron chi connectivity index (χ2n) is 8.15. The summed E-state index contributed by atoms with van der Waals surface area (Å²) in [5.74, 6) is 0.311. The van der Waals surface area contributed by atoms with Crippen molar-refractivity contribution in [2.24, 2.45) is 0 Å². The molecule has 6 heteroatoms. The minimum absolute atomic E-state index is 0.106. The van der Waals surface area contributed by atoms with E-state index < -0.39 is 0 Å². The van der Waals surface area contributed by atoms with E-state index in [1.165, 1.54) is 0 Å². The Morgan fingerprint density at radius 2 is 1.61 bits per heavy atom. The summed E-state index contributed by atoms with van der Waals surface area (Å²) in [5.41, 5.74) is 4.56. The van der Waals surface area contributed by atoms with Crippen molar-refractivity contribution in [2.75, 3.05) is 18.4 Å². The summed E-state index contributed by atoms with van der Waals surface area (Å²) in [4.78, 5) is 27.3. The lowest BCUT2D eigenvalue weighted by molar-refractivity contribution is -0.133. The van der Waals surface area contributed by atoms with Gasteiger partial charge in [0.05, 0.1) is 5.69 Å². The van der Waals surface area contributed by atoms with Crippen molar-refractivity contribution in [1.82, 2.24) is 14.7 Å². The predicted octanol–water partition coefficient (Wildman–Crippen LogP) is 5.18. The van der Waals surface area contributed by atoms with Crippen molar-refractivity contribution < 1.29 is 9.59 Å². The Morgan fingerprint density at radius 1 is 0.970 bits per heavy atom. The fourth-order valence-corrected chi connectivity index (χ4v) is 4.25. The molecule has 2 heterocycles. The number of carbonyl (C=O) groups is 2. The number of anilines is 1. The topological polar surface area (TPSA) is 67.2 Å². The second kappa shape index (κ2) is 11.5. The van der Waals surface area contributed by atoms with E-state index in [9.17, 15) is 9.59 Å². The van der Waals surface area contributed by atoms with E-state index in [1.807, 2.05) is 87.2 Å². The fourth-order valence-electron chi connectivity index (χ4n) is 4.25. The van der Waals surface area contributed by atoms with E-state index in [1.54, 1.807) is 4.68 Å². The van der Waals surface area contributed by atoms with Crippen LogP contribution in [0.3, 0.4) is 0 Å². The van der Waals surface area contributed by atoms with E-state index >= 15 is 0 Å². The summed E-state index contributed by atoms with van der Waals surface area (Å²) in [6.45, 7) is 9.62. The highest BCUT2D eigenvalue weighted by molar-refractivity contribution is 6.04. The molecule has 2 aromatic carbocycles. The number of nitrogens with zero attached hydrogens (tertiary/aromatic N) is 3. The zero-order valence-corrected chi connectivity index (χ0v) is 20.0. The largest absolute Gasteiger partial charge is 0.341 e. The standard InChI is InChI=1S/C25H28N4O2.C2H6/c1-18-16-19(2)29(27-18)17-24(30)28-14-12-20(13-15-28)22-10-6-7-11-23(22)26-25(31)21-8-4-3-5-9-21;1-2/h3-11,16,20H,12-15,17H2,1-2H3,(H,26,31);1-2H3. The van der Waals surface area contributed by atoms with E-state index in [2.05, 4.69) is 16.5 Å². The number of carbonyl (C=O) groups excluding carboxylic acids is 2. The molecule has 33 heavy (non-hydrogen) atoms. The number of benzene rings is 2. The van der Waals surface area contributed by atoms with Gasteiger partial charge in [-0.15, -0.1) is 0 Å². The summed E-state index contributed by atoms with van der Waals surface area (Å²) >= 11 is 0. The van der Waals surface area contributed by atoms with Crippen LogP contribution in [0, 0.1) is 13.8 Å². The molecular formula is C27H34N4O2. The van der Waals surface area contributed by atoms with Crippen LogP contribution in [-0.2, 0) is 11.3 Å². The van der Waals surface area contributed by atoms with Gasteiger partial charge in [-0.05, 0) is 62.4 Å². The van der Waals surface area contributed by atoms with E-state index in [0.29, 0.717) is 24.6 Å². The van der Waals surface area contributed by atoms with Crippen molar-refractivity contribution in [3.63, 3.8) is 0 Å². The van der Waals surface area contributed by atoms with Crippen LogP contribution >= 0.6 is 0 Å². The molecule has 0 aliphatic carbocycles. The van der Waals surface area contributed by atoms with Gasteiger partial charge in [0.2, 0.25) is 5.91 Å². The van der Waals surface area contributed by atoms with Gasteiger partial charge >= 0.3 is 0 Å². The second-order valence-corrected chi connectivity index (χ2v) is 8.15. The number of nitrogens with one attached hydrogen (secondary N) is 1. The molecule has 0 bridgehead atoms. The third-order valence-electron chi connectivity index (χ3n) is 5.92. The predicted molar refractivity (Wildman–Crippen MR) is 132 cm³/mol. The Balaban J connectivity index is 0.00000149. The molecule has 1 aliphatic rings. The van der Waals surface area contributed by atoms with Gasteiger partial charge in [0.15, 0.2) is 0 Å². The van der Waals surface area contributed by atoms with Gasteiger partial charge in [-0.3, -0.25) is 14.3 Å². The van der Waals surface area contributed by atoms with Crippen LogP contribution in [0.2, 0.25) is 0 Å². The van der Waals surface area contributed by atoms with E-state index in [4.69, 9.17) is 0 Å². The summed E-state index contributed by atoms with van der Waals surface area (Å²) in [7, 11) is 0. The number of aryl methyl sites for hydroxylation is 2. The fraction of sp³-hybridized carbons (Fsp3) is 0.370. The number of likely N-dealkylation sites (tertiary alicyclic amines) is 1. The lowest BCUT2D eigenvalue weighted by Gasteiger charge is -2.33. The molecule has 1 fully saturated rings. The van der Waals surface area contributed by atoms with Gasteiger partial charge in [0, 0.05) is 30.0 Å². The first-order valence-corrected chi connectivity index (χ1v) is 11.8. The maximum atomic E-state index is 12.7. The first-order chi connectivity index (χ1) is 16.0. The highest BCUT2D eigenvalue weighted by atomic mass is 16.2. The molecule has 0 unspecified atom stereocenters. The van der Waals surface area contributed by atoms with Crippen molar-refractivity contribution >= 4 is 17.5 Å². The molecule has 0 radical (unpaired) electrons. The van der Waals surface area contributed by atoms with Crippen LogP contribution in [0.15, 0.2) is 60.7 Å². The molecule has 2 amide bonds. The normalized spacial score (nSPS) is 13.8. The Kier molecular flexibility index (Phi) is 8.41. The molecule has 6 nitrogen and oxygen atoms in total. The van der Waals surface area contributed by atoms with Crippen LogP contribution < -0.4 is 5.32 Å². The highest BCUT2D eigenvalue weighted by Crippen LogP contribution is 2.33. The number of para-hydroxylation sites is 1. The van der Waals surface area contributed by atoms with Crippen LogP contribution in [0.4, 0.5) is 5.69 Å². The molecule has 4 rings (SSSR count).